The third kappa shape index (κ3) is 3.23. The molecule has 1 rings (SSSR count). The highest BCUT2D eigenvalue weighted by molar-refractivity contribution is 9.10. The predicted octanol–water partition coefficient (Wildman–Crippen LogP) is 2.69. The molecule has 0 saturated heterocycles. The summed E-state index contributed by atoms with van der Waals surface area (Å²) in [6.07, 6.45) is 0.341. The highest BCUT2D eigenvalue weighted by Gasteiger charge is 2.36. The number of amidine groups is 1. The monoisotopic (exact) mass is 331 g/mol. The number of benzene rings is 1. The molecule has 4 N–H and O–H groups in total. The van der Waals surface area contributed by atoms with Gasteiger partial charge in [-0.05, 0) is 47.5 Å². The van der Waals surface area contributed by atoms with Crippen LogP contribution in [0.4, 0.5) is 10.1 Å². The van der Waals surface area contributed by atoms with Crippen molar-refractivity contribution in [2.45, 2.75) is 20.3 Å². The second-order valence-electron chi connectivity index (χ2n) is 4.25. The molecule has 1 unspecified atom stereocenters. The first-order chi connectivity index (χ1) is 8.85. The molecule has 0 aliphatic heterocycles. The second kappa shape index (κ2) is 6.01. The quantitative estimate of drug-likeness (QED) is 0.343. The number of nitrogens with zero attached hydrogens (tertiary/aromatic N) is 1. The smallest absolute Gasteiger partial charge is 0.238 e. The Kier molecular flexibility index (Phi) is 4.88. The molecule has 1 amide bonds. The van der Waals surface area contributed by atoms with E-state index in [1.54, 1.807) is 19.9 Å². The van der Waals surface area contributed by atoms with Crippen LogP contribution in [0.3, 0.4) is 0 Å². The molecule has 19 heavy (non-hydrogen) atoms. The Balaban J connectivity index is 2.98. The fourth-order valence-electron chi connectivity index (χ4n) is 1.41. The van der Waals surface area contributed by atoms with Crippen LogP contribution in [-0.2, 0) is 4.79 Å². The van der Waals surface area contributed by atoms with Crippen molar-refractivity contribution < 1.29 is 14.4 Å². The maximum Gasteiger partial charge on any atom is 0.238 e. The SMILES string of the molecule is CCC(C)(C(=O)Nc1ccc(Br)c(F)c1)/C(N)=N/O. The van der Waals surface area contributed by atoms with Crippen molar-refractivity contribution in [2.24, 2.45) is 16.3 Å². The number of halogens is 2. The lowest BCUT2D eigenvalue weighted by molar-refractivity contribution is -0.121. The van der Waals surface area contributed by atoms with Gasteiger partial charge < -0.3 is 16.3 Å². The Hall–Kier alpha value is -1.63. The lowest BCUT2D eigenvalue weighted by Gasteiger charge is -2.25. The molecular formula is C12H15BrFN3O2. The zero-order chi connectivity index (χ0) is 14.6. The molecule has 0 aliphatic carbocycles. The molecule has 0 spiro atoms. The zero-order valence-corrected chi connectivity index (χ0v) is 12.2. The van der Waals surface area contributed by atoms with Crippen LogP contribution in [0, 0.1) is 11.2 Å². The average molecular weight is 332 g/mol. The summed E-state index contributed by atoms with van der Waals surface area (Å²) >= 11 is 3.02. The number of anilines is 1. The summed E-state index contributed by atoms with van der Waals surface area (Å²) in [6.45, 7) is 3.28. The van der Waals surface area contributed by atoms with Crippen LogP contribution in [0.15, 0.2) is 27.8 Å². The van der Waals surface area contributed by atoms with Gasteiger partial charge in [-0.1, -0.05) is 12.1 Å². The highest BCUT2D eigenvalue weighted by atomic mass is 79.9. The van der Waals surface area contributed by atoms with E-state index in [2.05, 4.69) is 26.4 Å². The van der Waals surface area contributed by atoms with E-state index in [9.17, 15) is 9.18 Å². The molecule has 0 aliphatic rings. The van der Waals surface area contributed by atoms with E-state index in [4.69, 9.17) is 10.9 Å². The summed E-state index contributed by atoms with van der Waals surface area (Å²) in [6, 6.07) is 4.22. The van der Waals surface area contributed by atoms with Crippen LogP contribution in [0.25, 0.3) is 0 Å². The van der Waals surface area contributed by atoms with Gasteiger partial charge in [0.25, 0.3) is 0 Å². The topological polar surface area (TPSA) is 87.7 Å². The van der Waals surface area contributed by atoms with Crippen molar-refractivity contribution in [3.63, 3.8) is 0 Å². The Morgan fingerprint density at radius 2 is 2.26 bits per heavy atom. The van der Waals surface area contributed by atoms with Gasteiger partial charge in [-0.25, -0.2) is 4.39 Å². The largest absolute Gasteiger partial charge is 0.409 e. The molecule has 104 valence electrons. The lowest BCUT2D eigenvalue weighted by Crippen LogP contribution is -2.44. The molecular weight excluding hydrogens is 317 g/mol. The molecule has 0 fully saturated rings. The summed E-state index contributed by atoms with van der Waals surface area (Å²) in [4.78, 5) is 12.1. The Morgan fingerprint density at radius 1 is 1.63 bits per heavy atom. The lowest BCUT2D eigenvalue weighted by atomic mass is 9.85. The number of carbonyl (C=O) groups excluding carboxylic acids is 1. The number of hydrogen-bond acceptors (Lipinski definition) is 3. The van der Waals surface area contributed by atoms with Crippen molar-refractivity contribution in [2.75, 3.05) is 5.32 Å². The highest BCUT2D eigenvalue weighted by Crippen LogP contribution is 2.25. The summed E-state index contributed by atoms with van der Waals surface area (Å²) in [7, 11) is 0. The number of carbonyl (C=O) groups is 1. The number of rotatable bonds is 4. The molecule has 0 aromatic heterocycles. The van der Waals surface area contributed by atoms with E-state index in [0.717, 1.165) is 0 Å². The van der Waals surface area contributed by atoms with Gasteiger partial charge in [0.2, 0.25) is 5.91 Å². The van der Waals surface area contributed by atoms with Crippen LogP contribution < -0.4 is 11.1 Å². The van der Waals surface area contributed by atoms with Crippen LogP contribution in [0.2, 0.25) is 0 Å². The molecule has 1 aromatic carbocycles. The zero-order valence-electron chi connectivity index (χ0n) is 10.6. The minimum absolute atomic E-state index is 0.190. The van der Waals surface area contributed by atoms with Gasteiger partial charge in [-0.2, -0.15) is 0 Å². The third-order valence-corrected chi connectivity index (χ3v) is 3.70. The molecule has 1 aromatic rings. The van der Waals surface area contributed by atoms with Gasteiger partial charge in [-0.3, -0.25) is 4.79 Å². The number of amides is 1. The molecule has 7 heteroatoms. The third-order valence-electron chi connectivity index (χ3n) is 3.06. The van der Waals surface area contributed by atoms with Crippen molar-refractivity contribution in [1.29, 1.82) is 0 Å². The minimum Gasteiger partial charge on any atom is -0.409 e. The standard InChI is InChI=1S/C12H15BrFN3O2/c1-3-12(2,10(15)17-19)11(18)16-7-4-5-8(13)9(14)6-7/h4-6,19H,3H2,1-2H3,(H2,15,17)(H,16,18). The van der Waals surface area contributed by atoms with Gasteiger partial charge in [0.05, 0.1) is 4.47 Å². The first-order valence-electron chi connectivity index (χ1n) is 5.59. The first-order valence-corrected chi connectivity index (χ1v) is 6.39. The van der Waals surface area contributed by atoms with Crippen LogP contribution >= 0.6 is 15.9 Å². The van der Waals surface area contributed by atoms with Gasteiger partial charge in [0.1, 0.15) is 11.2 Å². The predicted molar refractivity (Wildman–Crippen MR) is 74.5 cm³/mol. The van der Waals surface area contributed by atoms with Crippen LogP contribution in [0.5, 0.6) is 0 Å². The van der Waals surface area contributed by atoms with E-state index in [0.29, 0.717) is 16.6 Å². The number of oxime groups is 1. The van der Waals surface area contributed by atoms with Gasteiger partial charge in [-0.15, -0.1) is 0 Å². The Morgan fingerprint density at radius 3 is 2.74 bits per heavy atom. The van der Waals surface area contributed by atoms with Crippen LogP contribution in [0.1, 0.15) is 20.3 Å². The van der Waals surface area contributed by atoms with Crippen molar-refractivity contribution >= 4 is 33.4 Å². The van der Waals surface area contributed by atoms with Crippen LogP contribution in [-0.4, -0.2) is 17.0 Å². The van der Waals surface area contributed by atoms with E-state index in [1.807, 2.05) is 0 Å². The van der Waals surface area contributed by atoms with E-state index in [1.165, 1.54) is 12.1 Å². The van der Waals surface area contributed by atoms with Crippen molar-refractivity contribution in [1.82, 2.24) is 0 Å². The fraction of sp³-hybridized carbons (Fsp3) is 0.333. The normalized spacial score (nSPS) is 14.8. The Labute approximate surface area is 118 Å². The van der Waals surface area contributed by atoms with Crippen molar-refractivity contribution in [3.8, 4) is 0 Å². The molecule has 1 atom stereocenters. The first kappa shape index (κ1) is 15.4. The average Bonchev–Trinajstić information content (AvgIpc) is 2.40. The molecule has 0 saturated carbocycles. The number of nitrogens with two attached hydrogens (primary N) is 1. The minimum atomic E-state index is -1.15. The van der Waals surface area contributed by atoms with E-state index in [-0.39, 0.29) is 5.84 Å². The summed E-state index contributed by atoms with van der Waals surface area (Å²) in [5.74, 6) is -1.14. The van der Waals surface area contributed by atoms with E-state index >= 15 is 0 Å². The molecule has 0 bridgehead atoms. The molecule has 5 nitrogen and oxygen atoms in total. The number of hydrogen-bond donors (Lipinski definition) is 3. The maximum absolute atomic E-state index is 13.3. The fourth-order valence-corrected chi connectivity index (χ4v) is 1.66. The molecule has 0 radical (unpaired) electrons. The summed E-state index contributed by atoms with van der Waals surface area (Å²) in [5, 5.41) is 14.1. The Bertz CT molecular complexity index is 522. The maximum atomic E-state index is 13.3. The second-order valence-corrected chi connectivity index (χ2v) is 5.11. The summed E-state index contributed by atoms with van der Waals surface area (Å²) < 4.78 is 13.7. The van der Waals surface area contributed by atoms with E-state index < -0.39 is 17.1 Å². The van der Waals surface area contributed by atoms with Gasteiger partial charge >= 0.3 is 0 Å². The van der Waals surface area contributed by atoms with Gasteiger partial charge in [0.15, 0.2) is 5.84 Å². The van der Waals surface area contributed by atoms with Crippen molar-refractivity contribution in [3.05, 3.63) is 28.5 Å². The summed E-state index contributed by atoms with van der Waals surface area (Å²) in [5.41, 5.74) is 4.68. The molecule has 0 heterocycles. The van der Waals surface area contributed by atoms with Gasteiger partial charge in [0, 0.05) is 5.69 Å². The number of nitrogens with one attached hydrogen (secondary N) is 1.